The van der Waals surface area contributed by atoms with E-state index in [-0.39, 0.29) is 11.8 Å². The van der Waals surface area contributed by atoms with Crippen molar-refractivity contribution in [1.29, 1.82) is 0 Å². The van der Waals surface area contributed by atoms with Gasteiger partial charge in [0.1, 0.15) is 5.82 Å². The quantitative estimate of drug-likeness (QED) is 0.622. The molecule has 0 unspecified atom stereocenters. The van der Waals surface area contributed by atoms with Gasteiger partial charge in [0.15, 0.2) is 11.5 Å². The standard InChI is InChI=1S/C23H28N4O3/c1-15(2)13-27-19-12-24-9-7-18(19)25-22(27)17-8-10-26(14-17)23(28)16-5-6-20(29-3)21(11-16)30-4/h5-7,9,11-12,15,17H,8,10,13-14H2,1-4H3/t17-/m1/s1. The lowest BCUT2D eigenvalue weighted by atomic mass is 10.1. The van der Waals surface area contributed by atoms with Crippen molar-refractivity contribution in [3.63, 3.8) is 0 Å². The molecular weight excluding hydrogens is 380 g/mol. The fraction of sp³-hybridized carbons (Fsp3) is 0.435. The van der Waals surface area contributed by atoms with Crippen molar-refractivity contribution >= 4 is 16.9 Å². The normalized spacial score (nSPS) is 16.4. The first-order valence-electron chi connectivity index (χ1n) is 10.3. The number of methoxy groups -OCH3 is 2. The SMILES string of the molecule is COc1ccc(C(=O)N2CC[C@@H](c3nc4ccncc4n3CC(C)C)C2)cc1OC. The number of benzene rings is 1. The number of fused-ring (bicyclic) bond motifs is 1. The van der Waals surface area contributed by atoms with Gasteiger partial charge in [0.25, 0.3) is 5.91 Å². The van der Waals surface area contributed by atoms with Gasteiger partial charge in [-0.2, -0.15) is 0 Å². The number of hydrogen-bond donors (Lipinski definition) is 0. The molecule has 7 nitrogen and oxygen atoms in total. The Bertz CT molecular complexity index is 1060. The third-order valence-electron chi connectivity index (χ3n) is 5.60. The Labute approximate surface area is 176 Å². The topological polar surface area (TPSA) is 69.5 Å². The number of hydrogen-bond acceptors (Lipinski definition) is 5. The number of imidazole rings is 1. The Hall–Kier alpha value is -3.09. The van der Waals surface area contributed by atoms with E-state index in [4.69, 9.17) is 14.5 Å². The van der Waals surface area contributed by atoms with Gasteiger partial charge in [-0.15, -0.1) is 0 Å². The highest BCUT2D eigenvalue weighted by molar-refractivity contribution is 5.95. The number of carbonyl (C=O) groups excluding carboxylic acids is 1. The summed E-state index contributed by atoms with van der Waals surface area (Å²) < 4.78 is 12.9. The second-order valence-electron chi connectivity index (χ2n) is 8.15. The average Bonchev–Trinajstić information content (AvgIpc) is 3.38. The first kappa shape index (κ1) is 20.2. The number of ether oxygens (including phenoxy) is 2. The van der Waals surface area contributed by atoms with E-state index in [1.165, 1.54) is 0 Å². The summed E-state index contributed by atoms with van der Waals surface area (Å²) in [4.78, 5) is 24.2. The minimum Gasteiger partial charge on any atom is -0.493 e. The Kier molecular flexibility index (Phi) is 5.61. The highest BCUT2D eigenvalue weighted by atomic mass is 16.5. The van der Waals surface area contributed by atoms with Crippen LogP contribution >= 0.6 is 0 Å². The van der Waals surface area contributed by atoms with Crippen molar-refractivity contribution in [3.8, 4) is 11.5 Å². The molecule has 0 spiro atoms. The van der Waals surface area contributed by atoms with E-state index in [9.17, 15) is 4.79 Å². The van der Waals surface area contributed by atoms with Gasteiger partial charge in [-0.3, -0.25) is 9.78 Å². The molecule has 1 saturated heterocycles. The number of aromatic nitrogens is 3. The van der Waals surface area contributed by atoms with Gasteiger partial charge in [0.05, 0.1) is 31.4 Å². The van der Waals surface area contributed by atoms with Crippen LogP contribution in [0.3, 0.4) is 0 Å². The molecule has 0 aliphatic carbocycles. The van der Waals surface area contributed by atoms with Gasteiger partial charge >= 0.3 is 0 Å². The second-order valence-corrected chi connectivity index (χ2v) is 8.15. The minimum absolute atomic E-state index is 0.00615. The minimum atomic E-state index is 0.00615. The van der Waals surface area contributed by atoms with Gasteiger partial charge in [-0.1, -0.05) is 13.8 Å². The first-order valence-corrected chi connectivity index (χ1v) is 10.3. The average molecular weight is 409 g/mol. The molecule has 1 fully saturated rings. The molecule has 2 aromatic heterocycles. The Morgan fingerprint density at radius 3 is 2.73 bits per heavy atom. The van der Waals surface area contributed by atoms with Crippen LogP contribution in [0.2, 0.25) is 0 Å². The zero-order valence-corrected chi connectivity index (χ0v) is 18.0. The zero-order chi connectivity index (χ0) is 21.3. The molecule has 0 N–H and O–H groups in total. The second kappa shape index (κ2) is 8.34. The van der Waals surface area contributed by atoms with E-state index in [1.54, 1.807) is 38.6 Å². The van der Waals surface area contributed by atoms with Crippen molar-refractivity contribution in [2.75, 3.05) is 27.3 Å². The smallest absolute Gasteiger partial charge is 0.254 e. The highest BCUT2D eigenvalue weighted by Crippen LogP contribution is 2.32. The summed E-state index contributed by atoms with van der Waals surface area (Å²) in [6.07, 6.45) is 4.56. The summed E-state index contributed by atoms with van der Waals surface area (Å²) in [5.74, 6) is 2.93. The maximum absolute atomic E-state index is 13.1. The van der Waals surface area contributed by atoms with Crippen molar-refractivity contribution in [2.45, 2.75) is 32.7 Å². The summed E-state index contributed by atoms with van der Waals surface area (Å²) >= 11 is 0. The van der Waals surface area contributed by atoms with Crippen LogP contribution in [0.4, 0.5) is 0 Å². The van der Waals surface area contributed by atoms with Crippen molar-refractivity contribution < 1.29 is 14.3 Å². The lowest BCUT2D eigenvalue weighted by Gasteiger charge is -2.19. The number of likely N-dealkylation sites (tertiary alicyclic amines) is 1. The van der Waals surface area contributed by atoms with Gasteiger partial charge < -0.3 is 18.9 Å². The Morgan fingerprint density at radius 1 is 1.20 bits per heavy atom. The number of amides is 1. The third-order valence-corrected chi connectivity index (χ3v) is 5.60. The lowest BCUT2D eigenvalue weighted by Crippen LogP contribution is -2.28. The molecule has 1 aliphatic rings. The van der Waals surface area contributed by atoms with E-state index in [0.717, 1.165) is 29.8 Å². The molecule has 0 bridgehead atoms. The molecule has 30 heavy (non-hydrogen) atoms. The number of nitrogens with zero attached hydrogens (tertiary/aromatic N) is 4. The summed E-state index contributed by atoms with van der Waals surface area (Å²) in [7, 11) is 3.16. The number of pyridine rings is 1. The molecule has 1 amide bonds. The zero-order valence-electron chi connectivity index (χ0n) is 18.0. The van der Waals surface area contributed by atoms with Crippen molar-refractivity contribution in [1.82, 2.24) is 19.4 Å². The van der Waals surface area contributed by atoms with E-state index < -0.39 is 0 Å². The van der Waals surface area contributed by atoms with Gasteiger partial charge in [-0.05, 0) is 36.6 Å². The number of carbonyl (C=O) groups is 1. The fourth-order valence-corrected chi connectivity index (χ4v) is 4.16. The summed E-state index contributed by atoms with van der Waals surface area (Å²) in [6.45, 7) is 6.65. The summed E-state index contributed by atoms with van der Waals surface area (Å²) in [5.41, 5.74) is 2.63. The summed E-state index contributed by atoms with van der Waals surface area (Å²) in [6, 6.07) is 7.26. The number of rotatable bonds is 6. The van der Waals surface area contributed by atoms with Gasteiger partial charge in [0, 0.05) is 37.3 Å². The molecule has 158 valence electrons. The molecule has 1 atom stereocenters. The predicted octanol–water partition coefficient (Wildman–Crippen LogP) is 3.73. The Morgan fingerprint density at radius 2 is 2.00 bits per heavy atom. The van der Waals surface area contributed by atoms with E-state index in [2.05, 4.69) is 23.4 Å². The van der Waals surface area contributed by atoms with Gasteiger partial charge in [0.2, 0.25) is 0 Å². The van der Waals surface area contributed by atoms with E-state index in [0.29, 0.717) is 36.1 Å². The molecular formula is C23H28N4O3. The molecule has 1 aliphatic heterocycles. The van der Waals surface area contributed by atoms with Crippen LogP contribution in [-0.2, 0) is 6.54 Å². The molecule has 1 aromatic carbocycles. The molecule has 4 rings (SSSR count). The fourth-order valence-electron chi connectivity index (χ4n) is 4.16. The maximum atomic E-state index is 13.1. The van der Waals surface area contributed by atoms with Crippen LogP contribution in [-0.4, -0.2) is 52.7 Å². The van der Waals surface area contributed by atoms with Crippen molar-refractivity contribution in [2.24, 2.45) is 5.92 Å². The molecule has 3 heterocycles. The predicted molar refractivity (Wildman–Crippen MR) is 115 cm³/mol. The van der Waals surface area contributed by atoms with Crippen LogP contribution in [0, 0.1) is 5.92 Å². The largest absolute Gasteiger partial charge is 0.493 e. The van der Waals surface area contributed by atoms with Crippen molar-refractivity contribution in [3.05, 3.63) is 48.0 Å². The van der Waals surface area contributed by atoms with Gasteiger partial charge in [-0.25, -0.2) is 4.98 Å². The van der Waals surface area contributed by atoms with Crippen LogP contribution in [0.15, 0.2) is 36.7 Å². The van der Waals surface area contributed by atoms with Crippen LogP contribution in [0.5, 0.6) is 11.5 Å². The van der Waals surface area contributed by atoms with Crippen LogP contribution < -0.4 is 9.47 Å². The lowest BCUT2D eigenvalue weighted by molar-refractivity contribution is 0.0790. The van der Waals surface area contributed by atoms with Crippen LogP contribution in [0.1, 0.15) is 42.4 Å². The first-order chi connectivity index (χ1) is 14.5. The molecule has 0 saturated carbocycles. The summed E-state index contributed by atoms with van der Waals surface area (Å²) in [5, 5.41) is 0. The monoisotopic (exact) mass is 408 g/mol. The molecule has 0 radical (unpaired) electrons. The highest BCUT2D eigenvalue weighted by Gasteiger charge is 2.32. The maximum Gasteiger partial charge on any atom is 0.254 e. The van der Waals surface area contributed by atoms with E-state index >= 15 is 0 Å². The molecule has 3 aromatic rings. The van der Waals surface area contributed by atoms with Crippen LogP contribution in [0.25, 0.3) is 11.0 Å². The third kappa shape index (κ3) is 3.72. The molecule has 7 heteroatoms. The van der Waals surface area contributed by atoms with E-state index in [1.807, 2.05) is 17.2 Å². The Balaban J connectivity index is 1.58.